The van der Waals surface area contributed by atoms with Gasteiger partial charge < -0.3 is 15.5 Å². The van der Waals surface area contributed by atoms with Crippen molar-refractivity contribution in [3.05, 3.63) is 58.3 Å². The number of anilines is 1. The average molecular weight is 459 g/mol. The highest BCUT2D eigenvalue weighted by Crippen LogP contribution is 2.28. The topological polar surface area (TPSA) is 107 Å². The van der Waals surface area contributed by atoms with Crippen LogP contribution in [0.1, 0.15) is 37.4 Å². The molecule has 0 radical (unpaired) electrons. The van der Waals surface area contributed by atoms with Gasteiger partial charge in [0.05, 0.1) is 24.1 Å². The van der Waals surface area contributed by atoms with Crippen LogP contribution in [0.3, 0.4) is 0 Å². The van der Waals surface area contributed by atoms with Gasteiger partial charge >= 0.3 is 5.97 Å². The van der Waals surface area contributed by atoms with Gasteiger partial charge in [0, 0.05) is 28.3 Å². The first-order chi connectivity index (χ1) is 13.9. The SMILES string of the molecule is C[C@H](O)CN=C1Nc2ccc(Br)cc2C(c2ccccn2)=NC1CCCC(=O)O. The molecule has 2 atom stereocenters. The lowest BCUT2D eigenvalue weighted by molar-refractivity contribution is -0.137. The number of carboxylic acid groups (broad SMARTS) is 1. The number of nitrogens with one attached hydrogen (secondary N) is 1. The Bertz CT molecular complexity index is 929. The Morgan fingerprint density at radius 3 is 2.86 bits per heavy atom. The van der Waals surface area contributed by atoms with Crippen LogP contribution in [-0.2, 0) is 4.79 Å². The van der Waals surface area contributed by atoms with E-state index in [2.05, 4.69) is 31.2 Å². The molecule has 152 valence electrons. The number of halogens is 1. The number of aliphatic carboxylic acids is 1. The van der Waals surface area contributed by atoms with Crippen LogP contribution in [0, 0.1) is 0 Å². The van der Waals surface area contributed by atoms with Crippen molar-refractivity contribution in [3.8, 4) is 0 Å². The molecule has 1 aromatic heterocycles. The van der Waals surface area contributed by atoms with E-state index in [0.29, 0.717) is 18.7 Å². The van der Waals surface area contributed by atoms with Gasteiger partial charge in [-0.15, -0.1) is 0 Å². The molecule has 2 heterocycles. The Kier molecular flexibility index (Phi) is 7.11. The molecule has 1 unspecified atom stereocenters. The molecule has 0 saturated carbocycles. The van der Waals surface area contributed by atoms with E-state index < -0.39 is 12.1 Å². The summed E-state index contributed by atoms with van der Waals surface area (Å²) in [4.78, 5) is 24.9. The fourth-order valence-electron chi connectivity index (χ4n) is 3.06. The maximum Gasteiger partial charge on any atom is 0.303 e. The van der Waals surface area contributed by atoms with Crippen molar-refractivity contribution < 1.29 is 15.0 Å². The number of pyridine rings is 1. The van der Waals surface area contributed by atoms with E-state index in [-0.39, 0.29) is 19.0 Å². The molecule has 0 bridgehead atoms. The zero-order valence-electron chi connectivity index (χ0n) is 16.0. The molecule has 1 aliphatic rings. The second-order valence-corrected chi connectivity index (χ2v) is 7.80. The van der Waals surface area contributed by atoms with Crippen LogP contribution in [0.2, 0.25) is 0 Å². The third-order valence-electron chi connectivity index (χ3n) is 4.40. The number of hydrogen-bond acceptors (Lipinski definition) is 5. The third kappa shape index (κ3) is 5.71. The van der Waals surface area contributed by atoms with E-state index in [4.69, 9.17) is 10.1 Å². The lowest BCUT2D eigenvalue weighted by Crippen LogP contribution is -2.27. The highest BCUT2D eigenvalue weighted by Gasteiger charge is 2.25. The van der Waals surface area contributed by atoms with Crippen LogP contribution in [0.5, 0.6) is 0 Å². The lowest BCUT2D eigenvalue weighted by Gasteiger charge is -2.16. The summed E-state index contributed by atoms with van der Waals surface area (Å²) in [6, 6.07) is 11.1. The number of aliphatic imine (C=N–C) groups is 2. The van der Waals surface area contributed by atoms with Gasteiger partial charge in [-0.05, 0) is 50.1 Å². The first-order valence-corrected chi connectivity index (χ1v) is 10.2. The predicted molar refractivity (Wildman–Crippen MR) is 117 cm³/mol. The van der Waals surface area contributed by atoms with Crippen LogP contribution in [0.15, 0.2) is 57.1 Å². The standard InChI is InChI=1S/C21H23BrN4O3/c1-13(27)12-24-21-18(6-4-7-19(28)29)25-20(17-5-2-3-10-23-17)15-11-14(22)8-9-16(15)26-21/h2-3,5,8-11,13,18,27H,4,6-7,12H2,1H3,(H,24,26)(H,28,29)/t13-,18?/m0/s1. The number of aliphatic hydroxyl groups is 1. The molecular weight excluding hydrogens is 436 g/mol. The highest BCUT2D eigenvalue weighted by atomic mass is 79.9. The normalized spacial score (nSPS) is 18.4. The highest BCUT2D eigenvalue weighted by molar-refractivity contribution is 9.10. The molecule has 1 aliphatic heterocycles. The summed E-state index contributed by atoms with van der Waals surface area (Å²) in [5, 5.41) is 22.1. The van der Waals surface area contributed by atoms with Crippen LogP contribution < -0.4 is 5.32 Å². The minimum absolute atomic E-state index is 0.0626. The van der Waals surface area contributed by atoms with Gasteiger partial charge in [-0.3, -0.25) is 19.8 Å². The average Bonchev–Trinajstić information content (AvgIpc) is 2.83. The van der Waals surface area contributed by atoms with Gasteiger partial charge in [0.2, 0.25) is 0 Å². The summed E-state index contributed by atoms with van der Waals surface area (Å²) in [5.74, 6) is -0.221. The summed E-state index contributed by atoms with van der Waals surface area (Å²) in [5.41, 5.74) is 3.16. The fraction of sp³-hybridized carbons (Fsp3) is 0.333. The maximum atomic E-state index is 11.0. The Morgan fingerprint density at radius 2 is 2.17 bits per heavy atom. The number of amidine groups is 1. The second kappa shape index (κ2) is 9.76. The molecule has 0 aliphatic carbocycles. The van der Waals surface area contributed by atoms with Crippen molar-refractivity contribution in [3.63, 3.8) is 0 Å². The molecule has 3 rings (SSSR count). The van der Waals surface area contributed by atoms with Crippen LogP contribution in [0.4, 0.5) is 5.69 Å². The molecule has 0 amide bonds. The Labute approximate surface area is 177 Å². The summed E-state index contributed by atoms with van der Waals surface area (Å²) >= 11 is 3.52. The van der Waals surface area contributed by atoms with Gasteiger partial charge in [-0.2, -0.15) is 0 Å². The summed E-state index contributed by atoms with van der Waals surface area (Å²) in [6.45, 7) is 1.91. The Morgan fingerprint density at radius 1 is 1.34 bits per heavy atom. The zero-order valence-corrected chi connectivity index (χ0v) is 17.6. The van der Waals surface area contributed by atoms with Gasteiger partial charge in [0.15, 0.2) is 0 Å². The zero-order chi connectivity index (χ0) is 20.8. The molecule has 0 spiro atoms. The molecule has 3 N–H and O–H groups in total. The number of nitrogens with zero attached hydrogens (tertiary/aromatic N) is 3. The van der Waals surface area contributed by atoms with Crippen molar-refractivity contribution in [2.45, 2.75) is 38.3 Å². The van der Waals surface area contributed by atoms with E-state index >= 15 is 0 Å². The maximum absolute atomic E-state index is 11.0. The molecular formula is C21H23BrN4O3. The van der Waals surface area contributed by atoms with Crippen LogP contribution in [0.25, 0.3) is 0 Å². The van der Waals surface area contributed by atoms with E-state index in [0.717, 1.165) is 27.1 Å². The predicted octanol–water partition coefficient (Wildman–Crippen LogP) is 3.51. The van der Waals surface area contributed by atoms with E-state index in [1.807, 2.05) is 36.4 Å². The molecule has 1 aromatic carbocycles. The molecule has 29 heavy (non-hydrogen) atoms. The number of hydrogen-bond donors (Lipinski definition) is 3. The number of benzene rings is 1. The van der Waals surface area contributed by atoms with E-state index in [9.17, 15) is 9.90 Å². The van der Waals surface area contributed by atoms with Crippen molar-refractivity contribution in [2.24, 2.45) is 9.98 Å². The quantitative estimate of drug-likeness (QED) is 0.588. The van der Waals surface area contributed by atoms with E-state index in [1.54, 1.807) is 13.1 Å². The van der Waals surface area contributed by atoms with Crippen LogP contribution >= 0.6 is 15.9 Å². The van der Waals surface area contributed by atoms with Gasteiger partial charge in [-0.1, -0.05) is 22.0 Å². The van der Waals surface area contributed by atoms with Crippen molar-refractivity contribution >= 4 is 39.1 Å². The molecule has 0 saturated heterocycles. The first-order valence-electron chi connectivity index (χ1n) is 9.44. The number of rotatable bonds is 7. The minimum Gasteiger partial charge on any atom is -0.481 e. The number of benzodiazepines with no additional fused rings is 1. The van der Waals surface area contributed by atoms with Gasteiger partial charge in [0.1, 0.15) is 11.9 Å². The lowest BCUT2D eigenvalue weighted by atomic mass is 10.0. The molecule has 0 fully saturated rings. The fourth-order valence-corrected chi connectivity index (χ4v) is 3.42. The molecule has 8 heteroatoms. The number of carboxylic acids is 1. The first kappa shape index (κ1) is 21.1. The van der Waals surface area contributed by atoms with Crippen LogP contribution in [-0.4, -0.2) is 51.4 Å². The Balaban J connectivity index is 2.08. The molecule has 2 aromatic rings. The second-order valence-electron chi connectivity index (χ2n) is 6.88. The minimum atomic E-state index is -0.838. The van der Waals surface area contributed by atoms with Gasteiger partial charge in [0.25, 0.3) is 0 Å². The van der Waals surface area contributed by atoms with Crippen molar-refractivity contribution in [2.75, 3.05) is 11.9 Å². The molecule has 7 nitrogen and oxygen atoms in total. The smallest absolute Gasteiger partial charge is 0.303 e. The number of aliphatic hydroxyl groups excluding tert-OH is 1. The largest absolute Gasteiger partial charge is 0.481 e. The van der Waals surface area contributed by atoms with Gasteiger partial charge in [-0.25, -0.2) is 0 Å². The van der Waals surface area contributed by atoms with Crippen molar-refractivity contribution in [1.82, 2.24) is 4.98 Å². The Hall–Kier alpha value is -2.58. The monoisotopic (exact) mass is 458 g/mol. The summed E-state index contributed by atoms with van der Waals surface area (Å²) < 4.78 is 0.911. The number of aromatic nitrogens is 1. The third-order valence-corrected chi connectivity index (χ3v) is 4.89. The summed E-state index contributed by atoms with van der Waals surface area (Å²) in [7, 11) is 0. The number of fused-ring (bicyclic) bond motifs is 1. The van der Waals surface area contributed by atoms with Crippen molar-refractivity contribution in [1.29, 1.82) is 0 Å². The van der Waals surface area contributed by atoms with E-state index in [1.165, 1.54) is 0 Å². The summed E-state index contributed by atoms with van der Waals surface area (Å²) in [6.07, 6.45) is 2.18. The number of carbonyl (C=O) groups is 1.